The highest BCUT2D eigenvalue weighted by atomic mass is 31.2. The lowest BCUT2D eigenvalue weighted by Crippen LogP contribution is -2.48. The van der Waals surface area contributed by atoms with Crippen LogP contribution in [0.1, 0.15) is 104 Å². The summed E-state index contributed by atoms with van der Waals surface area (Å²) in [5, 5.41) is 10.4. The molecule has 0 aliphatic carbocycles. The molecule has 10 atom stereocenters. The van der Waals surface area contributed by atoms with Crippen molar-refractivity contribution in [3.63, 3.8) is 0 Å². The molecule has 0 saturated heterocycles. The third kappa shape index (κ3) is 26.1. The molecule has 3 aromatic rings. The number of nitrogens with one attached hydrogen (secondary N) is 4. The standard InChI is InChI=1S/C54H74N5O22P3/c1-29(36(8)60)21-49(64)44(26-38-11-17-42(18-12-38)80-83(73,74)75)58-53(68)31(3)23-47(62)34(6)57-54(69)40(25-37-9-15-41(16-10-37)79-82(70,71)72)28-48(63)35(7)56-51(66)32(4)24-50(65)45(59-52(67)30(2)22-46(61)33(5)55)27-39-13-19-43(20-14-39)81-84(76,77)78/h9-20,29-35,40,44-45H,21-28,55H2,1-8H3,(H,56,66)(H,57,69)(H,58,68)(H,59,67)(H2,70,71,72)(H2,73,74,75)(H2,76,77,78)/t29-,30-,31-,32-,33+,34+,35+,40-,44+,45+/m1/s1. The second kappa shape index (κ2) is 32.0. The van der Waals surface area contributed by atoms with E-state index in [4.69, 9.17) is 15.5 Å². The SMILES string of the molecule is CC(=O)[C@H](C)CC(=O)[C@H](Cc1ccc(OP(=O)(O)O)cc1)NC(=O)[C@H](C)CC(=O)[C@H](C)NC(=O)[C@@H](CC(=O)[C@H](C)NC(=O)[C@H](C)CC(=O)[C@H](Cc1ccc(OP(=O)(O)O)cc1)NC(=O)[C@H](C)CC(=O)[C@H](C)N)Cc1ccc(OP(=O)(O)O)cc1. The van der Waals surface area contributed by atoms with Gasteiger partial charge in [0.1, 0.15) is 28.8 Å². The molecule has 0 bridgehead atoms. The van der Waals surface area contributed by atoms with Gasteiger partial charge in [-0.05, 0) is 100 Å². The minimum absolute atomic E-state index is 0.121. The molecule has 0 saturated carbocycles. The molecule has 12 N–H and O–H groups in total. The van der Waals surface area contributed by atoms with Crippen LogP contribution < -0.4 is 40.6 Å². The van der Waals surface area contributed by atoms with Crippen molar-refractivity contribution in [3.8, 4) is 17.2 Å². The second-order valence-corrected chi connectivity index (χ2v) is 24.4. The third-order valence-electron chi connectivity index (χ3n) is 13.3. The molecule has 0 fully saturated rings. The first-order chi connectivity index (χ1) is 38.8. The van der Waals surface area contributed by atoms with Crippen molar-refractivity contribution >= 4 is 81.8 Å². The van der Waals surface area contributed by atoms with Crippen LogP contribution in [0.4, 0.5) is 0 Å². The molecular formula is C54H74N5O22P3. The fraction of sp³-hybridized carbons (Fsp3) is 0.481. The van der Waals surface area contributed by atoms with E-state index < -0.39 is 155 Å². The van der Waals surface area contributed by atoms with Gasteiger partial charge in [-0.3, -0.25) is 77.3 Å². The summed E-state index contributed by atoms with van der Waals surface area (Å²) in [5.74, 6) is -11.9. The van der Waals surface area contributed by atoms with Crippen molar-refractivity contribution in [1.29, 1.82) is 0 Å². The Morgan fingerprint density at radius 3 is 1.02 bits per heavy atom. The van der Waals surface area contributed by atoms with Gasteiger partial charge in [0.05, 0.1) is 30.2 Å². The van der Waals surface area contributed by atoms with Crippen LogP contribution in [-0.4, -0.2) is 118 Å². The van der Waals surface area contributed by atoms with Crippen LogP contribution in [0.25, 0.3) is 0 Å². The molecule has 462 valence electrons. The van der Waals surface area contributed by atoms with E-state index in [1.807, 2.05) is 0 Å². The van der Waals surface area contributed by atoms with Crippen LogP contribution in [0.3, 0.4) is 0 Å². The van der Waals surface area contributed by atoms with E-state index in [0.717, 1.165) is 0 Å². The molecule has 0 spiro atoms. The van der Waals surface area contributed by atoms with Gasteiger partial charge in [0.15, 0.2) is 23.1 Å². The van der Waals surface area contributed by atoms with Crippen molar-refractivity contribution in [1.82, 2.24) is 21.3 Å². The topological polar surface area (TPSA) is 445 Å². The number of carbonyl (C=O) groups excluding carboxylic acids is 10. The summed E-state index contributed by atoms with van der Waals surface area (Å²) in [6.45, 7) is 11.2. The quantitative estimate of drug-likeness (QED) is 0.0373. The maximum Gasteiger partial charge on any atom is 0.524 e. The summed E-state index contributed by atoms with van der Waals surface area (Å²) in [7, 11) is -14.7. The molecule has 27 nitrogen and oxygen atoms in total. The summed E-state index contributed by atoms with van der Waals surface area (Å²) < 4.78 is 47.8. The lowest BCUT2D eigenvalue weighted by molar-refractivity contribution is -0.135. The fourth-order valence-electron chi connectivity index (χ4n) is 8.15. The number of carbonyl (C=O) groups is 10. The van der Waals surface area contributed by atoms with Crippen LogP contribution in [0.5, 0.6) is 17.2 Å². The molecule has 30 heteroatoms. The number of amides is 4. The Kier molecular flexibility index (Phi) is 27.3. The van der Waals surface area contributed by atoms with E-state index in [0.29, 0.717) is 16.7 Å². The molecule has 3 aromatic carbocycles. The van der Waals surface area contributed by atoms with E-state index in [-0.39, 0.29) is 55.1 Å². The number of phosphoric ester groups is 3. The lowest BCUT2D eigenvalue weighted by Gasteiger charge is -2.24. The molecule has 0 radical (unpaired) electrons. The summed E-state index contributed by atoms with van der Waals surface area (Å²) in [5.41, 5.74) is 6.87. The number of Topliss-reactive ketones (excluding diaryl/α,β-unsaturated/α-hetero) is 6. The minimum Gasteiger partial charge on any atom is -0.404 e. The van der Waals surface area contributed by atoms with Crippen LogP contribution in [0.2, 0.25) is 0 Å². The van der Waals surface area contributed by atoms with Crippen LogP contribution in [0.15, 0.2) is 72.8 Å². The molecule has 3 rings (SSSR count). The van der Waals surface area contributed by atoms with Crippen molar-refractivity contribution in [3.05, 3.63) is 89.5 Å². The van der Waals surface area contributed by atoms with Gasteiger partial charge >= 0.3 is 23.5 Å². The van der Waals surface area contributed by atoms with Gasteiger partial charge in [0, 0.05) is 61.7 Å². The van der Waals surface area contributed by atoms with Crippen LogP contribution in [0, 0.1) is 29.6 Å². The van der Waals surface area contributed by atoms with Crippen molar-refractivity contribution in [2.75, 3.05) is 0 Å². The Balaban J connectivity index is 1.79. The smallest absolute Gasteiger partial charge is 0.404 e. The molecule has 0 aliphatic rings. The first kappa shape index (κ1) is 71.6. The number of nitrogens with two attached hydrogens (primary N) is 1. The van der Waals surface area contributed by atoms with Crippen molar-refractivity contribution in [2.45, 2.75) is 137 Å². The van der Waals surface area contributed by atoms with Gasteiger partial charge in [-0.15, -0.1) is 0 Å². The van der Waals surface area contributed by atoms with Gasteiger partial charge in [-0.2, -0.15) is 0 Å². The number of benzene rings is 3. The number of hydrogen-bond acceptors (Lipinski definition) is 17. The molecule has 0 aromatic heterocycles. The van der Waals surface area contributed by atoms with Gasteiger partial charge < -0.3 is 40.6 Å². The number of phosphoric acid groups is 3. The Bertz CT molecular complexity index is 3000. The minimum atomic E-state index is -4.95. The van der Waals surface area contributed by atoms with Crippen LogP contribution in [-0.2, 0) is 80.9 Å². The van der Waals surface area contributed by atoms with E-state index in [2.05, 4.69) is 34.8 Å². The monoisotopic (exact) mass is 1240 g/mol. The zero-order valence-corrected chi connectivity index (χ0v) is 50.2. The zero-order chi connectivity index (χ0) is 63.6. The normalized spacial score (nSPS) is 15.4. The van der Waals surface area contributed by atoms with Crippen molar-refractivity contribution in [2.24, 2.45) is 35.3 Å². The number of rotatable bonds is 36. The maximum atomic E-state index is 14.1. The third-order valence-corrected chi connectivity index (χ3v) is 14.6. The average Bonchev–Trinajstić information content (AvgIpc) is 3.41. The maximum absolute atomic E-state index is 14.1. The Morgan fingerprint density at radius 2 is 0.690 bits per heavy atom. The summed E-state index contributed by atoms with van der Waals surface area (Å²) in [6, 6.07) is 9.77. The highest BCUT2D eigenvalue weighted by molar-refractivity contribution is 7.47. The van der Waals surface area contributed by atoms with Gasteiger partial charge in [0.25, 0.3) is 0 Å². The zero-order valence-electron chi connectivity index (χ0n) is 47.5. The van der Waals surface area contributed by atoms with Crippen LogP contribution >= 0.6 is 23.5 Å². The Labute approximate surface area is 485 Å². The Hall–Kier alpha value is -6.63. The van der Waals surface area contributed by atoms with Gasteiger partial charge in [-0.1, -0.05) is 64.1 Å². The molecule has 0 aliphatic heterocycles. The summed E-state index contributed by atoms with van der Waals surface area (Å²) >= 11 is 0. The first-order valence-corrected chi connectivity index (χ1v) is 31.0. The van der Waals surface area contributed by atoms with Crippen molar-refractivity contribution < 1.29 is 105 Å². The van der Waals surface area contributed by atoms with E-state index in [1.54, 1.807) is 0 Å². The van der Waals surface area contributed by atoms with Gasteiger partial charge in [0.2, 0.25) is 23.6 Å². The second-order valence-electron chi connectivity index (χ2n) is 20.9. The number of hydrogen-bond donors (Lipinski definition) is 11. The fourth-order valence-corrected chi connectivity index (χ4v) is 9.34. The number of ketones is 6. The molecule has 0 heterocycles. The largest absolute Gasteiger partial charge is 0.524 e. The lowest BCUT2D eigenvalue weighted by atomic mass is 9.90. The highest BCUT2D eigenvalue weighted by Crippen LogP contribution is 2.39. The predicted octanol–water partition coefficient (Wildman–Crippen LogP) is 3.00. The summed E-state index contributed by atoms with van der Waals surface area (Å²) in [6.07, 6.45) is -2.50. The predicted molar refractivity (Wildman–Crippen MR) is 300 cm³/mol. The first-order valence-electron chi connectivity index (χ1n) is 26.4. The van der Waals surface area contributed by atoms with Gasteiger partial charge in [-0.25, -0.2) is 13.7 Å². The average molecular weight is 1240 g/mol. The molecule has 4 amide bonds. The Morgan fingerprint density at radius 1 is 0.405 bits per heavy atom. The molecular weight excluding hydrogens is 1160 g/mol. The molecule has 0 unspecified atom stereocenters. The van der Waals surface area contributed by atoms with E-state index in [1.165, 1.54) is 128 Å². The highest BCUT2D eigenvalue weighted by Gasteiger charge is 2.33. The summed E-state index contributed by atoms with van der Waals surface area (Å²) in [4.78, 5) is 189. The van der Waals surface area contributed by atoms with E-state index in [9.17, 15) is 81.2 Å². The molecule has 84 heavy (non-hydrogen) atoms. The van der Waals surface area contributed by atoms with E-state index >= 15 is 0 Å².